The molecule has 1 saturated heterocycles. The molecular formula is C30H37ClN2O. The molecule has 0 radical (unpaired) electrons. The molecule has 4 rings (SSSR count). The Morgan fingerprint density at radius 1 is 0.824 bits per heavy atom. The fourth-order valence-corrected chi connectivity index (χ4v) is 5.24. The zero-order valence-electron chi connectivity index (χ0n) is 20.9. The normalized spacial score (nSPS) is 15.5. The van der Waals surface area contributed by atoms with Gasteiger partial charge in [-0.3, -0.25) is 4.90 Å². The maximum Gasteiger partial charge on any atom is 0.125 e. The van der Waals surface area contributed by atoms with Crippen molar-refractivity contribution in [2.75, 3.05) is 37.6 Å². The van der Waals surface area contributed by atoms with Crippen molar-refractivity contribution in [2.24, 2.45) is 0 Å². The largest absolute Gasteiger partial charge is 0.486 e. The minimum Gasteiger partial charge on any atom is -0.486 e. The number of halogens is 1. The van der Waals surface area contributed by atoms with Crippen LogP contribution in [0.4, 0.5) is 5.69 Å². The Bertz CT molecular complexity index is 1090. The van der Waals surface area contributed by atoms with Gasteiger partial charge in [-0.25, -0.2) is 0 Å². The minimum absolute atomic E-state index is 0.0343. The lowest BCUT2D eigenvalue weighted by molar-refractivity contribution is 0.159. The van der Waals surface area contributed by atoms with Crippen LogP contribution in [0.15, 0.2) is 66.7 Å². The minimum atomic E-state index is 0.0343. The highest BCUT2D eigenvalue weighted by molar-refractivity contribution is 6.33. The molecule has 1 fully saturated rings. The fraction of sp³-hybridized carbons (Fsp3) is 0.400. The van der Waals surface area contributed by atoms with Crippen LogP contribution in [0.25, 0.3) is 0 Å². The van der Waals surface area contributed by atoms with Crippen LogP contribution >= 0.6 is 11.6 Å². The van der Waals surface area contributed by atoms with Crippen LogP contribution in [0.1, 0.15) is 54.5 Å². The Morgan fingerprint density at radius 2 is 1.53 bits per heavy atom. The third-order valence-corrected chi connectivity index (χ3v) is 7.27. The molecule has 0 bridgehead atoms. The number of benzene rings is 3. The number of anilines is 1. The average molecular weight is 477 g/mol. The number of hydrogen-bond donors (Lipinski definition) is 0. The van der Waals surface area contributed by atoms with Crippen molar-refractivity contribution >= 4 is 17.3 Å². The first-order chi connectivity index (χ1) is 16.4. The summed E-state index contributed by atoms with van der Waals surface area (Å²) in [4.78, 5) is 4.95. The van der Waals surface area contributed by atoms with Crippen molar-refractivity contribution in [1.29, 1.82) is 0 Å². The molecule has 1 aliphatic heterocycles. The average Bonchev–Trinajstić information content (AvgIpc) is 2.83. The molecule has 34 heavy (non-hydrogen) atoms. The van der Waals surface area contributed by atoms with E-state index in [1.54, 1.807) is 0 Å². The molecule has 180 valence electrons. The van der Waals surface area contributed by atoms with E-state index in [2.05, 4.69) is 92.1 Å². The van der Waals surface area contributed by atoms with Gasteiger partial charge in [0.05, 0.1) is 10.7 Å². The summed E-state index contributed by atoms with van der Waals surface area (Å²) < 4.78 is 6.64. The second kappa shape index (κ2) is 11.3. The van der Waals surface area contributed by atoms with Gasteiger partial charge in [-0.1, -0.05) is 67.9 Å². The molecule has 1 unspecified atom stereocenters. The van der Waals surface area contributed by atoms with E-state index in [9.17, 15) is 0 Å². The first-order valence-electron chi connectivity index (χ1n) is 12.5. The molecule has 1 aliphatic rings. The molecule has 3 nitrogen and oxygen atoms in total. The number of nitrogens with zero attached hydrogens (tertiary/aromatic N) is 2. The molecule has 4 heteroatoms. The van der Waals surface area contributed by atoms with E-state index in [-0.39, 0.29) is 6.10 Å². The van der Waals surface area contributed by atoms with Crippen molar-refractivity contribution in [2.45, 2.75) is 46.1 Å². The van der Waals surface area contributed by atoms with Crippen molar-refractivity contribution in [3.63, 3.8) is 0 Å². The van der Waals surface area contributed by atoms with E-state index < -0.39 is 0 Å². The predicted molar refractivity (Wildman–Crippen MR) is 145 cm³/mol. The van der Waals surface area contributed by atoms with Gasteiger partial charge in [0, 0.05) is 39.1 Å². The summed E-state index contributed by atoms with van der Waals surface area (Å²) in [5.41, 5.74) is 6.39. The summed E-state index contributed by atoms with van der Waals surface area (Å²) in [5, 5.41) is 0.836. The van der Waals surface area contributed by atoms with Gasteiger partial charge in [-0.2, -0.15) is 0 Å². The summed E-state index contributed by atoms with van der Waals surface area (Å²) in [6.07, 6.45) is 0.995. The third-order valence-electron chi connectivity index (χ3n) is 6.95. The molecule has 1 atom stereocenters. The van der Waals surface area contributed by atoms with Crippen LogP contribution in [0.5, 0.6) is 5.75 Å². The van der Waals surface area contributed by atoms with Gasteiger partial charge in [-0.15, -0.1) is 0 Å². The van der Waals surface area contributed by atoms with Crippen LogP contribution in [0.3, 0.4) is 0 Å². The molecule has 0 N–H and O–H groups in total. The zero-order chi connectivity index (χ0) is 24.1. The number of aryl methyl sites for hydroxylation is 2. The van der Waals surface area contributed by atoms with Crippen molar-refractivity contribution in [3.05, 3.63) is 94.0 Å². The van der Waals surface area contributed by atoms with Gasteiger partial charge in [-0.05, 0) is 66.3 Å². The van der Waals surface area contributed by atoms with Gasteiger partial charge >= 0.3 is 0 Å². The lowest BCUT2D eigenvalue weighted by atomic mass is 9.97. The van der Waals surface area contributed by atoms with E-state index in [4.69, 9.17) is 16.3 Å². The van der Waals surface area contributed by atoms with Crippen molar-refractivity contribution in [3.8, 4) is 5.75 Å². The first-order valence-corrected chi connectivity index (χ1v) is 12.8. The highest BCUT2D eigenvalue weighted by Gasteiger charge is 2.22. The number of hydrogen-bond acceptors (Lipinski definition) is 3. The number of para-hydroxylation sites is 1. The summed E-state index contributed by atoms with van der Waals surface area (Å²) in [5.74, 6) is 1.48. The van der Waals surface area contributed by atoms with Gasteiger partial charge in [0.2, 0.25) is 0 Å². The lowest BCUT2D eigenvalue weighted by Crippen LogP contribution is -2.47. The fourth-order valence-electron chi connectivity index (χ4n) is 4.98. The lowest BCUT2D eigenvalue weighted by Gasteiger charge is -2.37. The summed E-state index contributed by atoms with van der Waals surface area (Å²) in [6.45, 7) is 13.9. The second-order valence-electron chi connectivity index (χ2n) is 9.70. The highest BCUT2D eigenvalue weighted by Crippen LogP contribution is 2.31. The van der Waals surface area contributed by atoms with Crippen LogP contribution < -0.4 is 9.64 Å². The topological polar surface area (TPSA) is 15.7 Å². The highest BCUT2D eigenvalue weighted by atomic mass is 35.5. The smallest absolute Gasteiger partial charge is 0.125 e. The zero-order valence-corrected chi connectivity index (χ0v) is 21.7. The Kier molecular flexibility index (Phi) is 8.18. The number of piperazine rings is 1. The van der Waals surface area contributed by atoms with E-state index in [1.165, 1.54) is 22.3 Å². The molecular weight excluding hydrogens is 440 g/mol. The van der Waals surface area contributed by atoms with E-state index in [0.717, 1.165) is 55.6 Å². The van der Waals surface area contributed by atoms with Gasteiger partial charge in [0.25, 0.3) is 0 Å². The maximum absolute atomic E-state index is 6.64. The summed E-state index contributed by atoms with van der Waals surface area (Å²) >= 11 is 6.42. The molecule has 3 aromatic carbocycles. The molecule has 0 spiro atoms. The van der Waals surface area contributed by atoms with Gasteiger partial charge < -0.3 is 9.64 Å². The monoisotopic (exact) mass is 476 g/mol. The number of ether oxygens (including phenoxy) is 1. The molecule has 0 aromatic heterocycles. The predicted octanol–water partition coefficient (Wildman–Crippen LogP) is 7.41. The summed E-state index contributed by atoms with van der Waals surface area (Å²) in [7, 11) is 0. The van der Waals surface area contributed by atoms with Crippen molar-refractivity contribution < 1.29 is 4.74 Å². The SMILES string of the molecule is Cc1cc(OC(CCN2CCN(c3ccccc3Cl)CC2)c2ccccc2C)ccc1C(C)C. The van der Waals surface area contributed by atoms with Crippen molar-refractivity contribution in [1.82, 2.24) is 4.90 Å². The van der Waals surface area contributed by atoms with E-state index in [1.807, 2.05) is 12.1 Å². The van der Waals surface area contributed by atoms with Crippen LogP contribution in [0.2, 0.25) is 5.02 Å². The first kappa shape index (κ1) is 24.6. The Hall–Kier alpha value is -2.49. The number of rotatable bonds is 8. The molecule has 1 heterocycles. The van der Waals surface area contributed by atoms with E-state index >= 15 is 0 Å². The third kappa shape index (κ3) is 5.95. The quantitative estimate of drug-likeness (QED) is 0.336. The maximum atomic E-state index is 6.64. The van der Waals surface area contributed by atoms with Gasteiger partial charge in [0.15, 0.2) is 0 Å². The Labute approximate surface area is 210 Å². The molecule has 0 aliphatic carbocycles. The Balaban J connectivity index is 1.42. The van der Waals surface area contributed by atoms with Crippen LogP contribution in [0, 0.1) is 13.8 Å². The van der Waals surface area contributed by atoms with Crippen LogP contribution in [-0.2, 0) is 0 Å². The molecule has 3 aromatic rings. The van der Waals surface area contributed by atoms with E-state index in [0.29, 0.717) is 5.92 Å². The van der Waals surface area contributed by atoms with Crippen LogP contribution in [-0.4, -0.2) is 37.6 Å². The second-order valence-corrected chi connectivity index (χ2v) is 10.1. The standard InChI is InChI=1S/C30H37ClN2O/c1-22(2)26-14-13-25(21-24(26)4)34-30(27-10-6-5-9-23(27)3)15-16-32-17-19-33(20-18-32)29-12-8-7-11-28(29)31/h5-14,21-22,30H,15-20H2,1-4H3. The molecule has 0 amide bonds. The summed E-state index contributed by atoms with van der Waals surface area (Å²) in [6, 6.07) is 23.3. The van der Waals surface area contributed by atoms with Gasteiger partial charge in [0.1, 0.15) is 11.9 Å². The molecule has 0 saturated carbocycles. The Morgan fingerprint density at radius 3 is 2.21 bits per heavy atom.